The molecule has 0 N–H and O–H groups in total. The molecule has 6 aromatic rings. The number of aromatic nitrogens is 5. The summed E-state index contributed by atoms with van der Waals surface area (Å²) < 4.78 is 2.11. The van der Waals surface area contributed by atoms with Crippen molar-refractivity contribution in [3.63, 3.8) is 0 Å². The van der Waals surface area contributed by atoms with Gasteiger partial charge < -0.3 is 0 Å². The van der Waals surface area contributed by atoms with Crippen LogP contribution in [0.3, 0.4) is 0 Å². The van der Waals surface area contributed by atoms with Crippen molar-refractivity contribution in [1.82, 2.24) is 24.3 Å². The molecule has 134 valence electrons. The van der Waals surface area contributed by atoms with Crippen LogP contribution in [0.15, 0.2) is 48.8 Å². The average molecular weight is 363 g/mol. The first-order valence-corrected chi connectivity index (χ1v) is 9.34. The molecule has 5 heteroatoms. The zero-order valence-electron chi connectivity index (χ0n) is 15.9. The van der Waals surface area contributed by atoms with Crippen molar-refractivity contribution in [3.05, 3.63) is 65.5 Å². The number of rotatable bonds is 0. The molecule has 0 amide bonds. The van der Waals surface area contributed by atoms with E-state index in [1.807, 2.05) is 18.3 Å². The Morgan fingerprint density at radius 1 is 0.750 bits per heavy atom. The Hall–Kier alpha value is -3.60. The Bertz CT molecular complexity index is 1590. The molecular formula is C23H17N5. The summed E-state index contributed by atoms with van der Waals surface area (Å²) in [5.74, 6) is 0. The summed E-state index contributed by atoms with van der Waals surface area (Å²) in [6.07, 6.45) is 3.91. The number of nitrogens with zero attached hydrogens (tertiary/aromatic N) is 5. The van der Waals surface area contributed by atoms with E-state index in [2.05, 4.69) is 60.6 Å². The molecule has 0 atom stereocenters. The molecule has 0 saturated carbocycles. The smallest absolute Gasteiger partial charge is 0.138 e. The van der Waals surface area contributed by atoms with Gasteiger partial charge in [-0.2, -0.15) is 0 Å². The summed E-state index contributed by atoms with van der Waals surface area (Å²) in [7, 11) is 0. The fourth-order valence-corrected chi connectivity index (χ4v) is 3.99. The minimum Gasteiger partial charge on any atom is -0.297 e. The topological polar surface area (TPSA) is 56.0 Å². The quantitative estimate of drug-likeness (QED) is 0.280. The van der Waals surface area contributed by atoms with Crippen LogP contribution in [0.25, 0.3) is 49.7 Å². The van der Waals surface area contributed by atoms with Crippen molar-refractivity contribution < 1.29 is 0 Å². The van der Waals surface area contributed by atoms with Crippen molar-refractivity contribution in [2.45, 2.75) is 20.8 Å². The van der Waals surface area contributed by atoms with E-state index in [4.69, 9.17) is 15.0 Å². The van der Waals surface area contributed by atoms with Crippen LogP contribution in [0, 0.1) is 20.8 Å². The fraction of sp³-hybridized carbons (Fsp3) is 0.130. The van der Waals surface area contributed by atoms with Gasteiger partial charge in [0.25, 0.3) is 0 Å². The highest BCUT2D eigenvalue weighted by atomic mass is 15.0. The van der Waals surface area contributed by atoms with Gasteiger partial charge in [-0.05, 0) is 67.8 Å². The maximum Gasteiger partial charge on any atom is 0.138 e. The van der Waals surface area contributed by atoms with E-state index >= 15 is 0 Å². The molecule has 0 aliphatic carbocycles. The van der Waals surface area contributed by atoms with E-state index < -0.39 is 0 Å². The van der Waals surface area contributed by atoms with E-state index in [9.17, 15) is 0 Å². The number of fused-ring (bicyclic) bond motifs is 9. The van der Waals surface area contributed by atoms with Crippen molar-refractivity contribution in [1.29, 1.82) is 0 Å². The normalized spacial score (nSPS) is 12.1. The molecular weight excluding hydrogens is 346 g/mol. The van der Waals surface area contributed by atoms with Gasteiger partial charge >= 0.3 is 0 Å². The van der Waals surface area contributed by atoms with Gasteiger partial charge in [0.05, 0.1) is 11.0 Å². The van der Waals surface area contributed by atoms with Crippen molar-refractivity contribution in [2.24, 2.45) is 0 Å². The second-order valence-electron chi connectivity index (χ2n) is 7.49. The van der Waals surface area contributed by atoms with Gasteiger partial charge in [-0.1, -0.05) is 6.07 Å². The third kappa shape index (κ3) is 1.96. The van der Waals surface area contributed by atoms with Crippen LogP contribution in [-0.4, -0.2) is 24.3 Å². The average Bonchev–Trinajstić information content (AvgIpc) is 3.07. The molecule has 0 aliphatic heterocycles. The zero-order chi connectivity index (χ0) is 19.0. The van der Waals surface area contributed by atoms with E-state index in [-0.39, 0.29) is 0 Å². The molecule has 28 heavy (non-hydrogen) atoms. The van der Waals surface area contributed by atoms with Crippen molar-refractivity contribution in [2.75, 3.05) is 0 Å². The van der Waals surface area contributed by atoms with Crippen LogP contribution in [-0.2, 0) is 0 Å². The van der Waals surface area contributed by atoms with Crippen LogP contribution in [0.5, 0.6) is 0 Å². The second-order valence-corrected chi connectivity index (χ2v) is 7.49. The predicted octanol–water partition coefficient (Wildman–Crippen LogP) is 5.06. The highest BCUT2D eigenvalue weighted by Gasteiger charge is 2.18. The Kier molecular flexibility index (Phi) is 2.88. The molecule has 4 heterocycles. The van der Waals surface area contributed by atoms with Crippen LogP contribution in [0.2, 0.25) is 0 Å². The number of hydrogen-bond acceptors (Lipinski definition) is 4. The molecule has 0 fully saturated rings. The Labute approximate surface area is 160 Å². The third-order valence-electron chi connectivity index (χ3n) is 5.56. The van der Waals surface area contributed by atoms with Crippen molar-refractivity contribution in [3.8, 4) is 0 Å². The standard InChI is InChI=1S/C23H17N5/c1-12-6-7-18-27-21-19-15(5-4-8-24-19)20-22(23(21)28(18)11-12)26-17-10-14(3)13(2)9-16(17)25-20/h4-11H,1-3H3. The van der Waals surface area contributed by atoms with Gasteiger partial charge in [0.2, 0.25) is 0 Å². The first-order chi connectivity index (χ1) is 13.6. The first kappa shape index (κ1) is 15.5. The summed E-state index contributed by atoms with van der Waals surface area (Å²) in [5.41, 5.74) is 10.7. The summed E-state index contributed by atoms with van der Waals surface area (Å²) >= 11 is 0. The van der Waals surface area contributed by atoms with E-state index in [0.717, 1.165) is 49.7 Å². The largest absolute Gasteiger partial charge is 0.297 e. The number of aryl methyl sites for hydroxylation is 3. The lowest BCUT2D eigenvalue weighted by Gasteiger charge is -2.09. The number of hydrogen-bond donors (Lipinski definition) is 0. The van der Waals surface area contributed by atoms with Crippen molar-refractivity contribution >= 4 is 49.7 Å². The summed E-state index contributed by atoms with van der Waals surface area (Å²) in [6, 6.07) is 12.3. The Morgan fingerprint density at radius 3 is 2.25 bits per heavy atom. The summed E-state index contributed by atoms with van der Waals surface area (Å²) in [6.45, 7) is 6.30. The van der Waals surface area contributed by atoms with Gasteiger partial charge in [0, 0.05) is 17.8 Å². The molecule has 5 nitrogen and oxygen atoms in total. The number of benzene rings is 2. The number of imidazole rings is 1. The molecule has 0 bridgehead atoms. The third-order valence-corrected chi connectivity index (χ3v) is 5.56. The maximum atomic E-state index is 5.06. The molecule has 2 aromatic carbocycles. The molecule has 0 radical (unpaired) electrons. The van der Waals surface area contributed by atoms with Gasteiger partial charge in [0.15, 0.2) is 0 Å². The summed E-state index contributed by atoms with van der Waals surface area (Å²) in [5, 5.41) is 0.984. The lowest BCUT2D eigenvalue weighted by atomic mass is 10.1. The Morgan fingerprint density at radius 2 is 1.46 bits per heavy atom. The van der Waals surface area contributed by atoms with Crippen LogP contribution < -0.4 is 0 Å². The van der Waals surface area contributed by atoms with Gasteiger partial charge in [-0.15, -0.1) is 0 Å². The zero-order valence-corrected chi connectivity index (χ0v) is 15.9. The lowest BCUT2D eigenvalue weighted by molar-refractivity contribution is 1.19. The highest BCUT2D eigenvalue weighted by Crippen LogP contribution is 2.33. The Balaban J connectivity index is 1.96. The van der Waals surface area contributed by atoms with Crippen LogP contribution in [0.1, 0.15) is 16.7 Å². The number of pyridine rings is 2. The minimum absolute atomic E-state index is 0.865. The van der Waals surface area contributed by atoms with Crippen LogP contribution in [0.4, 0.5) is 0 Å². The van der Waals surface area contributed by atoms with E-state index in [1.54, 1.807) is 0 Å². The molecule has 4 aromatic heterocycles. The molecule has 6 rings (SSSR count). The predicted molar refractivity (Wildman–Crippen MR) is 113 cm³/mol. The first-order valence-electron chi connectivity index (χ1n) is 9.34. The maximum absolute atomic E-state index is 5.06. The molecule has 0 unspecified atom stereocenters. The van der Waals surface area contributed by atoms with Crippen LogP contribution >= 0.6 is 0 Å². The van der Waals surface area contributed by atoms with Gasteiger partial charge in [0.1, 0.15) is 33.2 Å². The van der Waals surface area contributed by atoms with E-state index in [1.165, 1.54) is 16.7 Å². The molecule has 0 spiro atoms. The summed E-state index contributed by atoms with van der Waals surface area (Å²) in [4.78, 5) is 19.6. The second kappa shape index (κ2) is 5.23. The van der Waals surface area contributed by atoms with Gasteiger partial charge in [-0.3, -0.25) is 9.38 Å². The van der Waals surface area contributed by atoms with E-state index in [0.29, 0.717) is 0 Å². The monoisotopic (exact) mass is 363 g/mol. The minimum atomic E-state index is 0.865. The SMILES string of the molecule is Cc1ccc2nc3c4ncccc4c4nc5cc(C)c(C)cc5nc4c3n2c1. The van der Waals surface area contributed by atoms with Gasteiger partial charge in [-0.25, -0.2) is 15.0 Å². The highest BCUT2D eigenvalue weighted by molar-refractivity contribution is 6.21. The lowest BCUT2D eigenvalue weighted by Crippen LogP contribution is -1.95. The fourth-order valence-electron chi connectivity index (χ4n) is 3.99. The molecule has 0 saturated heterocycles. The molecule has 0 aliphatic rings.